The van der Waals surface area contributed by atoms with Gasteiger partial charge in [-0.05, 0) is 57.4 Å². The van der Waals surface area contributed by atoms with E-state index in [0.717, 1.165) is 34.1 Å². The molecule has 180 valence electrons. The number of nitrogens with zero attached hydrogens (tertiary/aromatic N) is 2. The molecule has 3 aromatic rings. The van der Waals surface area contributed by atoms with E-state index in [1.54, 1.807) is 20.8 Å². The molecule has 1 atom stereocenters. The van der Waals surface area contributed by atoms with E-state index in [4.69, 9.17) is 9.15 Å². The summed E-state index contributed by atoms with van der Waals surface area (Å²) in [4.78, 5) is 24.8. The molecule has 34 heavy (non-hydrogen) atoms. The van der Waals surface area contributed by atoms with Gasteiger partial charge in [0.25, 0.3) is 5.22 Å². The van der Waals surface area contributed by atoms with Crippen LogP contribution in [0.2, 0.25) is 0 Å². The van der Waals surface area contributed by atoms with Crippen molar-refractivity contribution in [1.82, 2.24) is 15.5 Å². The van der Waals surface area contributed by atoms with Crippen LogP contribution in [0, 0.1) is 13.8 Å². The SMILES string of the molecule is Cc1cccc(NC(=O)CSc2nnc([C@@H](Cc3ccccc3)NC(=O)OC(C)(C)C)o2)c1C. The van der Waals surface area contributed by atoms with E-state index in [9.17, 15) is 9.59 Å². The van der Waals surface area contributed by atoms with Crippen LogP contribution in [-0.4, -0.2) is 33.6 Å². The van der Waals surface area contributed by atoms with Gasteiger partial charge in [-0.3, -0.25) is 4.79 Å². The topological polar surface area (TPSA) is 106 Å². The van der Waals surface area contributed by atoms with Gasteiger partial charge < -0.3 is 19.8 Å². The fourth-order valence-corrected chi connectivity index (χ4v) is 3.69. The summed E-state index contributed by atoms with van der Waals surface area (Å²) < 4.78 is 11.2. The predicted octanol–water partition coefficient (Wildman–Crippen LogP) is 5.23. The van der Waals surface area contributed by atoms with Crippen molar-refractivity contribution in [2.45, 2.75) is 57.9 Å². The predicted molar refractivity (Wildman–Crippen MR) is 132 cm³/mol. The van der Waals surface area contributed by atoms with Crippen LogP contribution in [0.25, 0.3) is 0 Å². The molecule has 1 heterocycles. The van der Waals surface area contributed by atoms with Crippen molar-refractivity contribution in [3.05, 3.63) is 71.1 Å². The summed E-state index contributed by atoms with van der Waals surface area (Å²) in [7, 11) is 0. The Labute approximate surface area is 203 Å². The molecule has 0 radical (unpaired) electrons. The van der Waals surface area contributed by atoms with Crippen LogP contribution in [0.15, 0.2) is 58.2 Å². The number of alkyl carbamates (subject to hydrolysis) is 1. The molecule has 1 aromatic heterocycles. The standard InChI is InChI=1S/C25H30N4O4S/c1-16-10-9-13-19(17(16)2)26-21(30)15-34-24-29-28-22(32-24)20(14-18-11-7-6-8-12-18)27-23(31)33-25(3,4)5/h6-13,20H,14-15H2,1-5H3,(H,26,30)(H,27,31)/t20-/m1/s1. The van der Waals surface area contributed by atoms with Gasteiger partial charge in [0.15, 0.2) is 0 Å². The van der Waals surface area contributed by atoms with Gasteiger partial charge in [0, 0.05) is 12.1 Å². The van der Waals surface area contributed by atoms with Crippen molar-refractivity contribution in [1.29, 1.82) is 0 Å². The average Bonchev–Trinajstić information content (AvgIpc) is 3.24. The zero-order chi connectivity index (χ0) is 24.7. The second kappa shape index (κ2) is 11.2. The molecular formula is C25H30N4O4S. The van der Waals surface area contributed by atoms with Crippen LogP contribution in [-0.2, 0) is 16.0 Å². The third-order valence-corrected chi connectivity index (χ3v) is 5.72. The fourth-order valence-electron chi connectivity index (χ4n) is 3.12. The summed E-state index contributed by atoms with van der Waals surface area (Å²) in [5.41, 5.74) is 3.26. The largest absolute Gasteiger partial charge is 0.444 e. The van der Waals surface area contributed by atoms with E-state index in [1.165, 1.54) is 0 Å². The zero-order valence-corrected chi connectivity index (χ0v) is 20.9. The lowest BCUT2D eigenvalue weighted by molar-refractivity contribution is -0.113. The quantitative estimate of drug-likeness (QED) is 0.424. The number of hydrogen-bond donors (Lipinski definition) is 2. The summed E-state index contributed by atoms with van der Waals surface area (Å²) in [6.45, 7) is 9.35. The first-order valence-electron chi connectivity index (χ1n) is 11.0. The van der Waals surface area contributed by atoms with Crippen LogP contribution in [0.1, 0.15) is 49.4 Å². The number of thioether (sulfide) groups is 1. The Kier molecular flexibility index (Phi) is 8.33. The van der Waals surface area contributed by atoms with Crippen LogP contribution < -0.4 is 10.6 Å². The Bertz CT molecular complexity index is 1130. The number of benzene rings is 2. The number of ether oxygens (including phenoxy) is 1. The maximum absolute atomic E-state index is 12.4. The number of aromatic nitrogens is 2. The summed E-state index contributed by atoms with van der Waals surface area (Å²) in [5, 5.41) is 14.1. The molecule has 0 aliphatic carbocycles. The molecule has 0 aliphatic rings. The van der Waals surface area contributed by atoms with E-state index in [2.05, 4.69) is 20.8 Å². The Hall–Kier alpha value is -3.33. The van der Waals surface area contributed by atoms with Gasteiger partial charge in [-0.25, -0.2) is 4.79 Å². The molecule has 2 aromatic carbocycles. The lowest BCUT2D eigenvalue weighted by Gasteiger charge is -2.22. The highest BCUT2D eigenvalue weighted by Gasteiger charge is 2.25. The molecule has 0 aliphatic heterocycles. The third kappa shape index (κ3) is 7.62. The second-order valence-electron chi connectivity index (χ2n) is 8.88. The molecule has 2 amide bonds. The summed E-state index contributed by atoms with van der Waals surface area (Å²) >= 11 is 1.13. The first-order chi connectivity index (χ1) is 16.1. The number of anilines is 1. The van der Waals surface area contributed by atoms with Gasteiger partial charge in [0.1, 0.15) is 11.6 Å². The van der Waals surface area contributed by atoms with Gasteiger partial charge in [-0.15, -0.1) is 10.2 Å². The van der Waals surface area contributed by atoms with Crippen molar-refractivity contribution in [2.24, 2.45) is 0 Å². The van der Waals surface area contributed by atoms with Gasteiger partial charge in [-0.2, -0.15) is 0 Å². The number of nitrogens with one attached hydrogen (secondary N) is 2. The molecule has 0 fully saturated rings. The number of aryl methyl sites for hydroxylation is 1. The fraction of sp³-hybridized carbons (Fsp3) is 0.360. The second-order valence-corrected chi connectivity index (χ2v) is 9.81. The highest BCUT2D eigenvalue weighted by Crippen LogP contribution is 2.24. The van der Waals surface area contributed by atoms with Crippen LogP contribution in [0.4, 0.5) is 10.5 Å². The number of carbonyl (C=O) groups is 2. The van der Waals surface area contributed by atoms with Crippen molar-refractivity contribution in [3.63, 3.8) is 0 Å². The highest BCUT2D eigenvalue weighted by atomic mass is 32.2. The lowest BCUT2D eigenvalue weighted by Crippen LogP contribution is -2.36. The Morgan fingerprint density at radius 2 is 1.79 bits per heavy atom. The molecule has 0 bridgehead atoms. The minimum absolute atomic E-state index is 0.109. The number of carbonyl (C=O) groups excluding carboxylic acids is 2. The maximum Gasteiger partial charge on any atom is 0.408 e. The van der Waals surface area contributed by atoms with Gasteiger partial charge in [-0.1, -0.05) is 54.2 Å². The Morgan fingerprint density at radius 3 is 2.50 bits per heavy atom. The van der Waals surface area contributed by atoms with Gasteiger partial charge in [0.05, 0.1) is 5.75 Å². The van der Waals surface area contributed by atoms with Gasteiger partial charge in [0.2, 0.25) is 11.8 Å². The number of rotatable bonds is 8. The lowest BCUT2D eigenvalue weighted by atomic mass is 10.1. The number of hydrogen-bond acceptors (Lipinski definition) is 7. The van der Waals surface area contributed by atoms with Crippen molar-refractivity contribution >= 4 is 29.4 Å². The summed E-state index contributed by atoms with van der Waals surface area (Å²) in [5.74, 6) is 0.177. The summed E-state index contributed by atoms with van der Waals surface area (Å²) in [6.07, 6.45) is -0.131. The van der Waals surface area contributed by atoms with Crippen LogP contribution in [0.5, 0.6) is 0 Å². The molecule has 0 spiro atoms. The molecule has 9 heteroatoms. The van der Waals surface area contributed by atoms with E-state index in [0.29, 0.717) is 6.42 Å². The Balaban J connectivity index is 1.65. The third-order valence-electron chi connectivity index (χ3n) is 4.90. The van der Waals surface area contributed by atoms with E-state index < -0.39 is 17.7 Å². The normalized spacial score (nSPS) is 12.1. The smallest absolute Gasteiger partial charge is 0.408 e. The monoisotopic (exact) mass is 482 g/mol. The molecule has 0 unspecified atom stereocenters. The molecule has 2 N–H and O–H groups in total. The molecule has 3 rings (SSSR count). The molecule has 0 saturated carbocycles. The van der Waals surface area contributed by atoms with Gasteiger partial charge >= 0.3 is 6.09 Å². The number of amides is 2. The minimum atomic E-state index is -0.639. The molecule has 8 nitrogen and oxygen atoms in total. The Morgan fingerprint density at radius 1 is 1.06 bits per heavy atom. The van der Waals surface area contributed by atoms with E-state index >= 15 is 0 Å². The van der Waals surface area contributed by atoms with E-state index in [1.807, 2.05) is 62.4 Å². The molecular weight excluding hydrogens is 452 g/mol. The van der Waals surface area contributed by atoms with Crippen molar-refractivity contribution in [2.75, 3.05) is 11.1 Å². The van der Waals surface area contributed by atoms with Crippen LogP contribution in [0.3, 0.4) is 0 Å². The maximum atomic E-state index is 12.4. The van der Waals surface area contributed by atoms with E-state index in [-0.39, 0.29) is 22.8 Å². The minimum Gasteiger partial charge on any atom is -0.444 e. The van der Waals surface area contributed by atoms with Crippen LogP contribution >= 0.6 is 11.8 Å². The highest BCUT2D eigenvalue weighted by molar-refractivity contribution is 7.99. The summed E-state index contributed by atoms with van der Waals surface area (Å²) in [6, 6.07) is 14.9. The zero-order valence-electron chi connectivity index (χ0n) is 20.0. The average molecular weight is 483 g/mol. The first kappa shape index (κ1) is 25.3. The van der Waals surface area contributed by atoms with Crippen molar-refractivity contribution < 1.29 is 18.7 Å². The van der Waals surface area contributed by atoms with Crippen molar-refractivity contribution in [3.8, 4) is 0 Å². The molecule has 0 saturated heterocycles. The first-order valence-corrected chi connectivity index (χ1v) is 11.9.